The maximum absolute atomic E-state index is 14.0. The molecular formula is C34H49N5O3. The van der Waals surface area contributed by atoms with Gasteiger partial charge in [-0.15, -0.1) is 0 Å². The molecule has 3 fully saturated rings. The number of nitrogen functional groups attached to an aromatic ring is 1. The van der Waals surface area contributed by atoms with Gasteiger partial charge in [0.25, 0.3) is 0 Å². The van der Waals surface area contributed by atoms with E-state index in [0.29, 0.717) is 30.4 Å². The predicted molar refractivity (Wildman–Crippen MR) is 168 cm³/mol. The van der Waals surface area contributed by atoms with Gasteiger partial charge in [-0.05, 0) is 82.4 Å². The molecule has 0 unspecified atom stereocenters. The Morgan fingerprint density at radius 1 is 1.10 bits per heavy atom. The van der Waals surface area contributed by atoms with E-state index in [1.165, 1.54) is 11.1 Å². The number of carbonyl (C=O) groups excluding carboxylic acids is 2. The molecule has 1 aromatic rings. The molecule has 0 bridgehead atoms. The first-order chi connectivity index (χ1) is 20.0. The fraction of sp³-hybridized carbons (Fsp3) is 0.676. The summed E-state index contributed by atoms with van der Waals surface area (Å²) in [6.45, 7) is 13.8. The highest BCUT2D eigenvalue weighted by molar-refractivity contribution is 5.92. The zero-order valence-electron chi connectivity index (χ0n) is 26.0. The van der Waals surface area contributed by atoms with Crippen molar-refractivity contribution in [3.8, 4) is 0 Å². The lowest BCUT2D eigenvalue weighted by Crippen LogP contribution is -2.58. The molecule has 8 nitrogen and oxygen atoms in total. The maximum Gasteiger partial charge on any atom is 0.178 e. The molecule has 3 N–H and O–H groups in total. The second kappa shape index (κ2) is 10.8. The molecule has 6 rings (SSSR count). The Morgan fingerprint density at radius 3 is 2.55 bits per heavy atom. The number of pyridine rings is 1. The highest BCUT2D eigenvalue weighted by atomic mass is 16.3. The number of Topliss-reactive ketones (excluding diaryl/α,β-unsaturated/α-hetero) is 1. The minimum absolute atomic E-state index is 0.0233. The number of hydrogen-bond donors (Lipinski definition) is 2. The van der Waals surface area contributed by atoms with Crippen LogP contribution in [0.2, 0.25) is 0 Å². The van der Waals surface area contributed by atoms with Crippen molar-refractivity contribution in [3.05, 3.63) is 35.4 Å². The third-order valence-corrected chi connectivity index (χ3v) is 12.0. The number of fused-ring (bicyclic) bond motifs is 5. The molecule has 2 heterocycles. The van der Waals surface area contributed by atoms with E-state index in [4.69, 9.17) is 10.7 Å². The minimum Gasteiger partial charge on any atom is -0.396 e. The summed E-state index contributed by atoms with van der Waals surface area (Å²) in [4.78, 5) is 37.7. The summed E-state index contributed by atoms with van der Waals surface area (Å²) in [7, 11) is 0. The standard InChI is InChI=1S/C34H49N5O3/c1-5-38(6-2)30-10-9-28(35)31(36-30)39-19-17-37(18-20-39)22-29(41)34(42)16-13-27-25-8-7-23-21-24(40)11-14-32(23,3)26(25)12-15-33(27,34)4/h9-10,12,21,25,27,42H,5-8,11,13-20,22,35H2,1-4H3/t25-,27+,32+,33+,34+/m1/s1. The van der Waals surface area contributed by atoms with Crippen LogP contribution in [-0.4, -0.2) is 78.0 Å². The number of hydrogen-bond acceptors (Lipinski definition) is 8. The van der Waals surface area contributed by atoms with E-state index < -0.39 is 11.0 Å². The predicted octanol–water partition coefficient (Wildman–Crippen LogP) is 4.38. The normalized spacial score (nSPS) is 34.7. The van der Waals surface area contributed by atoms with Crippen molar-refractivity contribution >= 4 is 28.9 Å². The van der Waals surface area contributed by atoms with E-state index in [1.807, 2.05) is 18.2 Å². The first-order valence-electron chi connectivity index (χ1n) is 16.2. The molecule has 0 spiro atoms. The average molecular weight is 576 g/mol. The lowest BCUT2D eigenvalue weighted by atomic mass is 9.50. The van der Waals surface area contributed by atoms with Crippen LogP contribution in [0.5, 0.6) is 0 Å². The molecule has 5 atom stereocenters. The molecule has 0 aromatic carbocycles. The Hall–Kier alpha value is -2.71. The van der Waals surface area contributed by atoms with Gasteiger partial charge in [-0.25, -0.2) is 4.98 Å². The van der Waals surface area contributed by atoms with Crippen LogP contribution < -0.4 is 15.5 Å². The molecule has 42 heavy (non-hydrogen) atoms. The summed E-state index contributed by atoms with van der Waals surface area (Å²) in [6.07, 6.45) is 9.89. The molecule has 1 aliphatic heterocycles. The van der Waals surface area contributed by atoms with Crippen molar-refractivity contribution in [3.63, 3.8) is 0 Å². The summed E-state index contributed by atoms with van der Waals surface area (Å²) in [6, 6.07) is 3.93. The molecule has 228 valence electrons. The largest absolute Gasteiger partial charge is 0.396 e. The summed E-state index contributed by atoms with van der Waals surface area (Å²) in [5.41, 5.74) is 8.00. The van der Waals surface area contributed by atoms with E-state index >= 15 is 0 Å². The van der Waals surface area contributed by atoms with E-state index in [-0.39, 0.29) is 23.5 Å². The Balaban J connectivity index is 1.13. The van der Waals surface area contributed by atoms with Crippen molar-refractivity contribution < 1.29 is 14.7 Å². The third-order valence-electron chi connectivity index (χ3n) is 12.0. The number of nitrogens with zero attached hydrogens (tertiary/aromatic N) is 4. The number of aliphatic hydroxyl groups is 1. The van der Waals surface area contributed by atoms with Crippen LogP contribution in [0.25, 0.3) is 0 Å². The third kappa shape index (κ3) is 4.52. The Kier molecular flexibility index (Phi) is 7.53. The average Bonchev–Trinajstić information content (AvgIpc) is 3.27. The summed E-state index contributed by atoms with van der Waals surface area (Å²) < 4.78 is 0. The highest BCUT2D eigenvalue weighted by Gasteiger charge is 2.64. The smallest absolute Gasteiger partial charge is 0.178 e. The van der Waals surface area contributed by atoms with E-state index in [9.17, 15) is 14.7 Å². The van der Waals surface area contributed by atoms with Crippen LogP contribution in [0, 0.1) is 22.7 Å². The number of rotatable bonds is 7. The lowest BCUT2D eigenvalue weighted by molar-refractivity contribution is -0.154. The van der Waals surface area contributed by atoms with E-state index in [1.54, 1.807) is 0 Å². The zero-order valence-corrected chi connectivity index (χ0v) is 26.0. The van der Waals surface area contributed by atoms with Gasteiger partial charge < -0.3 is 20.6 Å². The first-order valence-corrected chi connectivity index (χ1v) is 16.2. The topological polar surface area (TPSA) is 103 Å². The van der Waals surface area contributed by atoms with Gasteiger partial charge in [-0.2, -0.15) is 0 Å². The van der Waals surface area contributed by atoms with Gasteiger partial charge in [-0.1, -0.05) is 31.1 Å². The monoisotopic (exact) mass is 575 g/mol. The van der Waals surface area contributed by atoms with Crippen LogP contribution >= 0.6 is 0 Å². The fourth-order valence-corrected chi connectivity index (χ4v) is 9.21. The number of ketones is 2. The van der Waals surface area contributed by atoms with Gasteiger partial charge >= 0.3 is 0 Å². The Bertz CT molecular complexity index is 1310. The quantitative estimate of drug-likeness (QED) is 0.462. The zero-order chi connectivity index (χ0) is 29.9. The van der Waals surface area contributed by atoms with Crippen LogP contribution in [0.4, 0.5) is 17.3 Å². The number of nitrogens with two attached hydrogens (primary N) is 1. The number of aromatic nitrogens is 1. The molecule has 1 aromatic heterocycles. The number of allylic oxidation sites excluding steroid dienone is 4. The van der Waals surface area contributed by atoms with Crippen molar-refractivity contribution in [2.24, 2.45) is 22.7 Å². The van der Waals surface area contributed by atoms with Gasteiger partial charge in [0.05, 0.1) is 12.2 Å². The maximum atomic E-state index is 14.0. The molecule has 5 aliphatic rings. The van der Waals surface area contributed by atoms with Crippen molar-refractivity contribution in [2.75, 3.05) is 61.3 Å². The molecule has 4 aliphatic carbocycles. The van der Waals surface area contributed by atoms with Gasteiger partial charge in [0.15, 0.2) is 17.4 Å². The van der Waals surface area contributed by atoms with Gasteiger partial charge in [0.2, 0.25) is 0 Å². The van der Waals surface area contributed by atoms with Crippen molar-refractivity contribution in [1.82, 2.24) is 9.88 Å². The minimum atomic E-state index is -1.31. The molecule has 0 amide bonds. The van der Waals surface area contributed by atoms with Crippen molar-refractivity contribution in [2.45, 2.75) is 78.2 Å². The van der Waals surface area contributed by atoms with E-state index in [2.05, 4.69) is 48.5 Å². The molecule has 2 saturated carbocycles. The SMILES string of the molecule is CCN(CC)c1ccc(N)c(N2CCN(CC(=O)[C@@]3(O)CC[C@H]4[C@@H]5CCC6=CC(=O)CC[C@]6(C)C5=CC[C@@]43C)CC2)n1. The molecule has 1 saturated heterocycles. The summed E-state index contributed by atoms with van der Waals surface area (Å²) in [5.74, 6) is 2.68. The van der Waals surface area contributed by atoms with Crippen LogP contribution in [0.1, 0.15) is 72.6 Å². The molecular weight excluding hydrogens is 526 g/mol. The molecule has 0 radical (unpaired) electrons. The van der Waals surface area contributed by atoms with Crippen LogP contribution in [0.3, 0.4) is 0 Å². The van der Waals surface area contributed by atoms with E-state index in [0.717, 1.165) is 83.0 Å². The number of carbonyl (C=O) groups is 2. The molecule has 8 heteroatoms. The lowest BCUT2D eigenvalue weighted by Gasteiger charge is -2.54. The second-order valence-corrected chi connectivity index (χ2v) is 13.8. The van der Waals surface area contributed by atoms with Gasteiger partial charge in [0.1, 0.15) is 11.4 Å². The Labute approximate surface area is 251 Å². The van der Waals surface area contributed by atoms with Crippen molar-refractivity contribution in [1.29, 1.82) is 0 Å². The Morgan fingerprint density at radius 2 is 1.83 bits per heavy atom. The number of anilines is 3. The van der Waals surface area contributed by atoms with Crippen LogP contribution in [0.15, 0.2) is 35.4 Å². The summed E-state index contributed by atoms with van der Waals surface area (Å²) >= 11 is 0. The first kappa shape index (κ1) is 29.4. The van der Waals surface area contributed by atoms with Crippen LogP contribution in [-0.2, 0) is 9.59 Å². The van der Waals surface area contributed by atoms with Gasteiger partial charge in [-0.3, -0.25) is 14.5 Å². The fourth-order valence-electron chi connectivity index (χ4n) is 9.21. The number of piperazine rings is 1. The van der Waals surface area contributed by atoms with Gasteiger partial charge in [0, 0.05) is 56.5 Å². The second-order valence-electron chi connectivity index (χ2n) is 13.8. The summed E-state index contributed by atoms with van der Waals surface area (Å²) in [5, 5.41) is 12.2. The highest BCUT2D eigenvalue weighted by Crippen LogP contribution is 2.65.